The molecule has 0 unspecified atom stereocenters. The van der Waals surface area contributed by atoms with Crippen LogP contribution in [0.2, 0.25) is 0 Å². The van der Waals surface area contributed by atoms with Crippen LogP contribution in [0.3, 0.4) is 0 Å². The second kappa shape index (κ2) is 5.09. The van der Waals surface area contributed by atoms with Crippen LogP contribution in [-0.2, 0) is 6.54 Å². The maximum absolute atomic E-state index is 12.9. The number of nitrogens with zero attached hydrogens (tertiary/aromatic N) is 4. The second-order valence-corrected chi connectivity index (χ2v) is 5.14. The highest BCUT2D eigenvalue weighted by atomic mass is 32.3. The summed E-state index contributed by atoms with van der Waals surface area (Å²) < 4.78 is 75.8. The van der Waals surface area contributed by atoms with E-state index in [4.69, 9.17) is 5.73 Å². The third-order valence-corrected chi connectivity index (χ3v) is 3.07. The molecule has 0 spiro atoms. The molecule has 0 aliphatic carbocycles. The van der Waals surface area contributed by atoms with E-state index < -0.39 is 40.4 Å². The van der Waals surface area contributed by atoms with Gasteiger partial charge in [-0.05, 0) is 0 Å². The van der Waals surface area contributed by atoms with Gasteiger partial charge in [0.05, 0.1) is 18.1 Å². The Morgan fingerprint density at radius 2 is 1.86 bits per heavy atom. The fourth-order valence-electron chi connectivity index (χ4n) is 1.52. The normalized spacial score (nSPS) is 13.4. The second-order valence-electron chi connectivity index (χ2n) is 3.89. The van der Waals surface area contributed by atoms with E-state index in [1.165, 1.54) is 0 Å². The number of alkyl halides is 3. The van der Waals surface area contributed by atoms with Crippen LogP contribution in [-0.4, -0.2) is 25.9 Å². The van der Waals surface area contributed by atoms with Gasteiger partial charge in [-0.3, -0.25) is 4.68 Å². The quantitative estimate of drug-likeness (QED) is 0.876. The predicted molar refractivity (Wildman–Crippen MR) is 62.9 cm³/mol. The molecule has 0 aromatic carbocycles. The van der Waals surface area contributed by atoms with E-state index in [9.17, 15) is 24.8 Å². The zero-order valence-electron chi connectivity index (χ0n) is 9.98. The van der Waals surface area contributed by atoms with Crippen LogP contribution in [0.25, 0.3) is 11.3 Å². The Balaban J connectivity index is 2.45. The number of nitrogen functional groups attached to an aromatic ring is 1. The molecule has 5 nitrogen and oxygen atoms in total. The third-order valence-electron chi connectivity index (χ3n) is 2.27. The molecule has 0 bridgehead atoms. The van der Waals surface area contributed by atoms with E-state index in [1.807, 2.05) is 0 Å². The van der Waals surface area contributed by atoms with Crippen LogP contribution in [0, 0.1) is 0 Å². The SMILES string of the molecule is Nc1ncc(S(F)(F)F)c(-c2cnn(CC(F)(F)F)c2)n1. The van der Waals surface area contributed by atoms with Crippen LogP contribution in [0.15, 0.2) is 23.5 Å². The largest absolute Gasteiger partial charge is 0.408 e. The molecule has 0 radical (unpaired) electrons. The van der Waals surface area contributed by atoms with Crippen LogP contribution in [0.1, 0.15) is 0 Å². The van der Waals surface area contributed by atoms with Crippen molar-refractivity contribution in [1.82, 2.24) is 19.7 Å². The molecule has 0 fully saturated rings. The highest BCUT2D eigenvalue weighted by molar-refractivity contribution is 8.21. The number of hydrogen-bond acceptors (Lipinski definition) is 4. The van der Waals surface area contributed by atoms with Crippen molar-refractivity contribution in [3.63, 3.8) is 0 Å². The van der Waals surface area contributed by atoms with Gasteiger partial charge in [0.2, 0.25) is 17.1 Å². The van der Waals surface area contributed by atoms with Gasteiger partial charge in [-0.2, -0.15) is 18.3 Å². The molecule has 2 heterocycles. The predicted octanol–water partition coefficient (Wildman–Crippen LogP) is 3.30. The summed E-state index contributed by atoms with van der Waals surface area (Å²) in [5, 5.41) is 3.37. The molecule has 0 atom stereocenters. The average molecular weight is 331 g/mol. The van der Waals surface area contributed by atoms with Gasteiger partial charge in [0.15, 0.2) is 0 Å². The maximum Gasteiger partial charge on any atom is 0.408 e. The smallest absolute Gasteiger partial charge is 0.368 e. The molecule has 2 rings (SSSR count). The molecular weight excluding hydrogens is 324 g/mol. The molecule has 2 aromatic rings. The van der Waals surface area contributed by atoms with Crippen LogP contribution < -0.4 is 5.73 Å². The van der Waals surface area contributed by atoms with Crippen molar-refractivity contribution in [2.24, 2.45) is 0 Å². The van der Waals surface area contributed by atoms with E-state index in [1.54, 1.807) is 0 Å². The number of anilines is 1. The van der Waals surface area contributed by atoms with Gasteiger partial charge in [-0.1, -0.05) is 0 Å². The van der Waals surface area contributed by atoms with Gasteiger partial charge in [0.1, 0.15) is 11.4 Å². The summed E-state index contributed by atoms with van der Waals surface area (Å²) in [6, 6.07) is 0. The number of halogens is 6. The minimum Gasteiger partial charge on any atom is -0.368 e. The summed E-state index contributed by atoms with van der Waals surface area (Å²) in [6.07, 6.45) is -2.34. The van der Waals surface area contributed by atoms with Crippen molar-refractivity contribution in [2.75, 3.05) is 5.73 Å². The van der Waals surface area contributed by atoms with E-state index in [0.717, 1.165) is 12.4 Å². The van der Waals surface area contributed by atoms with Crippen LogP contribution >= 0.6 is 11.2 Å². The highest BCUT2D eigenvalue weighted by Gasteiger charge is 2.32. The number of aromatic nitrogens is 4. The molecule has 12 heteroatoms. The molecular formula is C9H7F6N5S. The summed E-state index contributed by atoms with van der Waals surface area (Å²) >= 11 is -5.66. The van der Waals surface area contributed by atoms with Crippen LogP contribution in [0.4, 0.5) is 30.8 Å². The summed E-state index contributed by atoms with van der Waals surface area (Å²) in [5.41, 5.74) is 4.43. The lowest BCUT2D eigenvalue weighted by molar-refractivity contribution is -0.142. The monoisotopic (exact) mass is 331 g/mol. The Hall–Kier alpha value is -1.98. The van der Waals surface area contributed by atoms with Gasteiger partial charge in [0.25, 0.3) is 0 Å². The van der Waals surface area contributed by atoms with Gasteiger partial charge in [-0.25, -0.2) is 9.97 Å². The Morgan fingerprint density at radius 1 is 1.19 bits per heavy atom. The topological polar surface area (TPSA) is 69.6 Å². The minimum atomic E-state index is -5.66. The molecule has 0 aliphatic rings. The zero-order valence-corrected chi connectivity index (χ0v) is 10.8. The summed E-state index contributed by atoms with van der Waals surface area (Å²) in [5.74, 6) is -0.416. The Labute approximate surface area is 116 Å². The first-order valence-electron chi connectivity index (χ1n) is 5.20. The lowest BCUT2D eigenvalue weighted by Crippen LogP contribution is -2.17. The Kier molecular flexibility index (Phi) is 3.74. The molecule has 21 heavy (non-hydrogen) atoms. The van der Waals surface area contributed by atoms with E-state index in [2.05, 4.69) is 15.1 Å². The van der Waals surface area contributed by atoms with E-state index in [0.29, 0.717) is 10.9 Å². The Bertz CT molecular complexity index is 649. The van der Waals surface area contributed by atoms with Crippen molar-refractivity contribution in [1.29, 1.82) is 0 Å². The first kappa shape index (κ1) is 15.4. The van der Waals surface area contributed by atoms with Gasteiger partial charge in [0, 0.05) is 11.8 Å². The number of nitrogens with two attached hydrogens (primary N) is 1. The molecule has 0 saturated heterocycles. The van der Waals surface area contributed by atoms with Gasteiger partial charge >= 0.3 is 6.18 Å². The summed E-state index contributed by atoms with van der Waals surface area (Å²) in [7, 11) is 0. The molecule has 116 valence electrons. The number of rotatable bonds is 3. The van der Waals surface area contributed by atoms with Gasteiger partial charge < -0.3 is 5.73 Å². The molecule has 2 N–H and O–H groups in total. The fourth-order valence-corrected chi connectivity index (χ4v) is 2.07. The standard InChI is InChI=1S/C9H7F6N5S/c10-9(11,12)4-20-3-5(1-18-20)7-6(21(13,14)15)2-17-8(16)19-7/h1-3H,4H2,(H2,16,17,19). The fraction of sp³-hybridized carbons (Fsp3) is 0.222. The van der Waals surface area contributed by atoms with Crippen molar-refractivity contribution in [3.8, 4) is 11.3 Å². The zero-order chi connectivity index (χ0) is 15.8. The lowest BCUT2D eigenvalue weighted by atomic mass is 10.2. The van der Waals surface area contributed by atoms with Crippen molar-refractivity contribution >= 4 is 17.1 Å². The molecule has 0 amide bonds. The first-order valence-corrected chi connectivity index (χ1v) is 6.54. The molecule has 0 aliphatic heterocycles. The van der Waals surface area contributed by atoms with Crippen molar-refractivity contribution in [3.05, 3.63) is 18.6 Å². The van der Waals surface area contributed by atoms with Crippen LogP contribution in [0.5, 0.6) is 0 Å². The number of hydrogen-bond donors (Lipinski definition) is 1. The average Bonchev–Trinajstić information content (AvgIpc) is 2.73. The lowest BCUT2D eigenvalue weighted by Gasteiger charge is -2.13. The van der Waals surface area contributed by atoms with E-state index >= 15 is 0 Å². The molecule has 0 saturated carbocycles. The van der Waals surface area contributed by atoms with E-state index in [-0.39, 0.29) is 5.56 Å². The summed E-state index contributed by atoms with van der Waals surface area (Å²) in [6.45, 7) is -1.41. The van der Waals surface area contributed by atoms with Gasteiger partial charge in [-0.15, -0.1) is 11.7 Å². The third kappa shape index (κ3) is 3.77. The first-order chi connectivity index (χ1) is 9.56. The molecule has 2 aromatic heterocycles. The summed E-state index contributed by atoms with van der Waals surface area (Å²) in [4.78, 5) is 5.59. The minimum absolute atomic E-state index is 0.215. The maximum atomic E-state index is 12.9. The Morgan fingerprint density at radius 3 is 2.43 bits per heavy atom. The van der Waals surface area contributed by atoms with Crippen molar-refractivity contribution in [2.45, 2.75) is 17.6 Å². The highest BCUT2D eigenvalue weighted by Crippen LogP contribution is 2.62. The van der Waals surface area contributed by atoms with Crippen molar-refractivity contribution < 1.29 is 24.8 Å².